The van der Waals surface area contributed by atoms with Crippen LogP contribution in [0.2, 0.25) is 0 Å². The third-order valence-corrected chi connectivity index (χ3v) is 10.1. The van der Waals surface area contributed by atoms with E-state index in [-0.39, 0.29) is 36.5 Å². The number of carbonyl (C=O) groups is 1. The Bertz CT molecular complexity index is 833. The van der Waals surface area contributed by atoms with Crippen LogP contribution in [0.3, 0.4) is 0 Å². The highest BCUT2D eigenvalue weighted by Crippen LogP contribution is 2.34. The van der Waals surface area contributed by atoms with Crippen molar-refractivity contribution in [2.75, 3.05) is 0 Å². The summed E-state index contributed by atoms with van der Waals surface area (Å²) < 4.78 is 17.7. The minimum absolute atomic E-state index is 0.0311. The molecule has 0 aromatic heterocycles. The second kappa shape index (κ2) is 21.8. The van der Waals surface area contributed by atoms with Gasteiger partial charge in [-0.15, -0.1) is 0 Å². The lowest BCUT2D eigenvalue weighted by atomic mass is 9.97. The van der Waals surface area contributed by atoms with Gasteiger partial charge in [-0.2, -0.15) is 0 Å². The average Bonchev–Trinajstić information content (AvgIpc) is 3.76. The quantitative estimate of drug-likeness (QED) is 0.0634. The average molecular weight is 639 g/mol. The third-order valence-electron chi connectivity index (χ3n) is 10.1. The van der Waals surface area contributed by atoms with Gasteiger partial charge < -0.3 is 34.6 Å². The van der Waals surface area contributed by atoms with E-state index in [0.717, 1.165) is 77.0 Å². The van der Waals surface area contributed by atoms with E-state index >= 15 is 0 Å². The molecule has 0 unspecified atom stereocenters. The molecule has 0 aromatic carbocycles. The maximum absolute atomic E-state index is 11.7. The first-order valence-electron chi connectivity index (χ1n) is 18.7. The monoisotopic (exact) mass is 638 g/mol. The van der Waals surface area contributed by atoms with Gasteiger partial charge in [-0.3, -0.25) is 0 Å². The van der Waals surface area contributed by atoms with E-state index in [1.165, 1.54) is 38.5 Å². The van der Waals surface area contributed by atoms with Crippen LogP contribution in [0, 0.1) is 0 Å². The summed E-state index contributed by atoms with van der Waals surface area (Å²) >= 11 is 0. The van der Waals surface area contributed by atoms with Crippen LogP contribution in [-0.2, 0) is 19.0 Å². The largest absolute Gasteiger partial charge is 0.455 e. The molecule has 0 amide bonds. The molecular formula is C37H66O8. The van der Waals surface area contributed by atoms with Gasteiger partial charge in [0.2, 0.25) is 0 Å². The van der Waals surface area contributed by atoms with Gasteiger partial charge >= 0.3 is 5.97 Å². The first kappa shape index (κ1) is 38.4. The van der Waals surface area contributed by atoms with Crippen molar-refractivity contribution in [1.82, 2.24) is 0 Å². The Morgan fingerprint density at radius 2 is 1.31 bits per heavy atom. The number of cyclic esters (lactones) is 1. The summed E-state index contributed by atoms with van der Waals surface area (Å²) in [5.74, 6) is -0.290. The number of esters is 1. The molecule has 2 fully saturated rings. The van der Waals surface area contributed by atoms with Crippen LogP contribution in [0.4, 0.5) is 0 Å². The van der Waals surface area contributed by atoms with E-state index in [4.69, 9.17) is 14.2 Å². The van der Waals surface area contributed by atoms with Gasteiger partial charge in [-0.1, -0.05) is 90.4 Å². The zero-order valence-electron chi connectivity index (χ0n) is 28.5. The summed E-state index contributed by atoms with van der Waals surface area (Å²) in [5, 5.41) is 41.8. The normalized spacial score (nSPS) is 27.8. The molecule has 4 N–H and O–H groups in total. The summed E-state index contributed by atoms with van der Waals surface area (Å²) in [7, 11) is 0. The summed E-state index contributed by atoms with van der Waals surface area (Å²) in [6, 6.07) is 0. The van der Waals surface area contributed by atoms with Gasteiger partial charge in [0.1, 0.15) is 6.10 Å². The number of hydrogen-bond acceptors (Lipinski definition) is 8. The van der Waals surface area contributed by atoms with Gasteiger partial charge in [0, 0.05) is 12.0 Å². The summed E-state index contributed by atoms with van der Waals surface area (Å²) in [6.45, 7) is 4.06. The van der Waals surface area contributed by atoms with E-state index in [2.05, 4.69) is 6.92 Å². The molecule has 2 saturated heterocycles. The van der Waals surface area contributed by atoms with Crippen molar-refractivity contribution in [2.45, 2.75) is 216 Å². The van der Waals surface area contributed by atoms with Crippen LogP contribution in [0.15, 0.2) is 11.6 Å². The maximum atomic E-state index is 11.7. The second-order valence-corrected chi connectivity index (χ2v) is 14.2. The molecule has 3 rings (SSSR count). The van der Waals surface area contributed by atoms with Crippen LogP contribution >= 0.6 is 0 Å². The van der Waals surface area contributed by atoms with Crippen LogP contribution in [0.5, 0.6) is 0 Å². The molecule has 0 saturated carbocycles. The Balaban J connectivity index is 1.17. The fourth-order valence-corrected chi connectivity index (χ4v) is 7.28. The molecule has 0 radical (unpaired) electrons. The number of rotatable bonds is 25. The van der Waals surface area contributed by atoms with Gasteiger partial charge in [-0.05, 0) is 70.8 Å². The van der Waals surface area contributed by atoms with Gasteiger partial charge in [0.25, 0.3) is 0 Å². The van der Waals surface area contributed by atoms with Crippen molar-refractivity contribution in [2.24, 2.45) is 0 Å². The molecular weight excluding hydrogens is 572 g/mol. The van der Waals surface area contributed by atoms with Crippen molar-refractivity contribution >= 4 is 5.97 Å². The molecule has 0 spiro atoms. The number of unbranched alkanes of at least 4 members (excludes halogenated alkanes) is 11. The number of aliphatic hydroxyl groups is 4. The van der Waals surface area contributed by atoms with Crippen molar-refractivity contribution in [3.63, 3.8) is 0 Å². The molecule has 3 aliphatic heterocycles. The predicted molar refractivity (Wildman–Crippen MR) is 177 cm³/mol. The fourth-order valence-electron chi connectivity index (χ4n) is 7.28. The van der Waals surface area contributed by atoms with Crippen molar-refractivity contribution in [1.29, 1.82) is 0 Å². The van der Waals surface area contributed by atoms with E-state index in [9.17, 15) is 25.2 Å². The van der Waals surface area contributed by atoms with E-state index in [1.807, 2.05) is 13.0 Å². The van der Waals surface area contributed by atoms with E-state index < -0.39 is 24.4 Å². The van der Waals surface area contributed by atoms with E-state index in [1.54, 1.807) is 0 Å². The van der Waals surface area contributed by atoms with E-state index in [0.29, 0.717) is 37.7 Å². The number of carbonyl (C=O) groups excluding carboxylic acids is 1. The van der Waals surface area contributed by atoms with Crippen LogP contribution in [0.25, 0.3) is 0 Å². The zero-order valence-corrected chi connectivity index (χ0v) is 28.5. The van der Waals surface area contributed by atoms with Gasteiger partial charge in [0.15, 0.2) is 0 Å². The molecule has 3 aliphatic rings. The molecule has 0 aliphatic carbocycles. The molecule has 0 aromatic rings. The summed E-state index contributed by atoms with van der Waals surface area (Å²) in [4.78, 5) is 11.7. The Morgan fingerprint density at radius 1 is 0.711 bits per heavy atom. The minimum atomic E-state index is -0.794. The fraction of sp³-hybridized carbons (Fsp3) is 0.919. The van der Waals surface area contributed by atoms with Crippen LogP contribution in [0.1, 0.15) is 162 Å². The lowest BCUT2D eigenvalue weighted by molar-refractivity contribution is -0.139. The Labute approximate surface area is 273 Å². The molecule has 45 heavy (non-hydrogen) atoms. The molecule has 3 heterocycles. The van der Waals surface area contributed by atoms with Crippen LogP contribution < -0.4 is 0 Å². The number of aliphatic hydroxyl groups excluding tert-OH is 4. The first-order valence-corrected chi connectivity index (χ1v) is 18.7. The predicted octanol–water partition coefficient (Wildman–Crippen LogP) is 6.83. The number of ether oxygens (including phenoxy) is 3. The molecule has 8 nitrogen and oxygen atoms in total. The standard InChI is InChI=1S/C37H66O8/c1-3-4-5-6-7-8-12-15-18-31(39)32(40)20-21-33(41)34-23-24-36(45-34)35-22-19-30(44-35)17-14-11-9-10-13-16-29(38)26-28-25-27(2)43-37(28)42/h25,27,29-36,38-41H,3-24,26H2,1-2H3/t27-,29+,30+,31-,32+,33+,34+,35-,36+/m0/s1. The summed E-state index contributed by atoms with van der Waals surface area (Å²) in [6.07, 6.45) is 21.8. The molecule has 8 heteroatoms. The lowest BCUT2D eigenvalue weighted by Gasteiger charge is -2.24. The second-order valence-electron chi connectivity index (χ2n) is 14.2. The minimum Gasteiger partial charge on any atom is -0.455 e. The third kappa shape index (κ3) is 14.7. The van der Waals surface area contributed by atoms with Crippen LogP contribution in [-0.4, -0.2) is 81.3 Å². The topological polar surface area (TPSA) is 126 Å². The molecule has 9 atom stereocenters. The first-order chi connectivity index (χ1) is 21.8. The molecule has 0 bridgehead atoms. The lowest BCUT2D eigenvalue weighted by Crippen LogP contribution is -2.33. The Kier molecular flexibility index (Phi) is 18.6. The van der Waals surface area contributed by atoms with Gasteiger partial charge in [-0.25, -0.2) is 4.79 Å². The Hall–Kier alpha value is -1.03. The molecule has 262 valence electrons. The number of hydrogen-bond donors (Lipinski definition) is 4. The van der Waals surface area contributed by atoms with Crippen molar-refractivity contribution in [3.05, 3.63) is 11.6 Å². The Morgan fingerprint density at radius 3 is 2.00 bits per heavy atom. The SMILES string of the molecule is CCCCCCCCCC[C@H](O)[C@H](O)CC[C@@H](O)[C@H]1CC[C@H]([C@@H]2CC[C@@H](CCCCCCC[C@@H](O)CC3=C[C@H](C)OC3=O)O2)O1. The highest BCUT2D eigenvalue weighted by atomic mass is 16.6. The zero-order chi connectivity index (χ0) is 32.4. The highest BCUT2D eigenvalue weighted by molar-refractivity contribution is 5.90. The highest BCUT2D eigenvalue weighted by Gasteiger charge is 2.39. The van der Waals surface area contributed by atoms with Crippen molar-refractivity contribution < 1.29 is 39.4 Å². The summed E-state index contributed by atoms with van der Waals surface area (Å²) in [5.41, 5.74) is 0.606. The smallest absolute Gasteiger partial charge is 0.334 e. The maximum Gasteiger partial charge on any atom is 0.334 e. The van der Waals surface area contributed by atoms with Crippen molar-refractivity contribution in [3.8, 4) is 0 Å². The van der Waals surface area contributed by atoms with Gasteiger partial charge in [0.05, 0.1) is 48.8 Å².